The van der Waals surface area contributed by atoms with Gasteiger partial charge in [-0.05, 0) is 50.6 Å². The fraction of sp³-hybridized carbons (Fsp3) is 0.480. The molecule has 0 fully saturated rings. The number of halogens is 8. The zero-order valence-electron chi connectivity index (χ0n) is 21.1. The molecule has 0 saturated heterocycles. The third-order valence-corrected chi connectivity index (χ3v) is 8.42. The third-order valence-electron chi connectivity index (χ3n) is 6.50. The zero-order valence-corrected chi connectivity index (χ0v) is 21.9. The van der Waals surface area contributed by atoms with E-state index in [1.165, 1.54) is 0 Å². The SMILES string of the molecule is CC(F)(F)CC[C@@H]1CN(c2ccc(F)cc2)c2cc(C(F)(F)F)c(OC[C@](C)(CF)C(=O)O)cc2S(=O)(=O)[C@@H]1F. The van der Waals surface area contributed by atoms with Gasteiger partial charge in [0.2, 0.25) is 21.3 Å². The van der Waals surface area contributed by atoms with Crippen LogP contribution >= 0.6 is 0 Å². The van der Waals surface area contributed by atoms with Crippen LogP contribution in [0.4, 0.5) is 46.5 Å². The van der Waals surface area contributed by atoms with Crippen LogP contribution in [0.15, 0.2) is 41.3 Å². The molecule has 0 radical (unpaired) electrons. The van der Waals surface area contributed by atoms with Crippen molar-refractivity contribution in [2.24, 2.45) is 11.3 Å². The number of anilines is 2. The zero-order chi connectivity index (χ0) is 30.3. The molecule has 0 spiro atoms. The monoisotopic (exact) mass is 603 g/mol. The number of carbonyl (C=O) groups is 1. The number of aliphatic carboxylic acids is 1. The maximum atomic E-state index is 15.6. The summed E-state index contributed by atoms with van der Waals surface area (Å²) in [6, 6.07) is 4.71. The molecule has 0 aromatic heterocycles. The highest BCUT2D eigenvalue weighted by Crippen LogP contribution is 2.47. The summed E-state index contributed by atoms with van der Waals surface area (Å²) in [6.45, 7) is -1.95. The van der Waals surface area contributed by atoms with Crippen LogP contribution in [-0.4, -0.2) is 50.7 Å². The number of benzene rings is 2. The molecular formula is C25H25F8NO5S. The Balaban J connectivity index is 2.26. The predicted octanol–water partition coefficient (Wildman–Crippen LogP) is 6.56. The fourth-order valence-electron chi connectivity index (χ4n) is 4.04. The Morgan fingerprint density at radius 1 is 1.10 bits per heavy atom. The van der Waals surface area contributed by atoms with Crippen molar-refractivity contribution in [1.82, 2.24) is 0 Å². The molecule has 0 bridgehead atoms. The van der Waals surface area contributed by atoms with Crippen LogP contribution in [0, 0.1) is 17.2 Å². The summed E-state index contributed by atoms with van der Waals surface area (Å²) in [5.41, 5.74) is -7.47. The van der Waals surface area contributed by atoms with Crippen LogP contribution in [-0.2, 0) is 20.8 Å². The smallest absolute Gasteiger partial charge is 0.420 e. The topological polar surface area (TPSA) is 83.9 Å². The van der Waals surface area contributed by atoms with E-state index in [-0.39, 0.29) is 5.69 Å². The summed E-state index contributed by atoms with van der Waals surface area (Å²) < 4.78 is 144. The van der Waals surface area contributed by atoms with Crippen molar-refractivity contribution in [1.29, 1.82) is 0 Å². The molecule has 0 aliphatic carbocycles. The molecule has 0 saturated carbocycles. The van der Waals surface area contributed by atoms with Crippen LogP contribution in [0.2, 0.25) is 0 Å². The van der Waals surface area contributed by atoms with Crippen molar-refractivity contribution in [2.75, 3.05) is 24.7 Å². The Bertz CT molecular complexity index is 1340. The third kappa shape index (κ3) is 6.61. The Hall–Kier alpha value is -3.10. The summed E-state index contributed by atoms with van der Waals surface area (Å²) in [5, 5.41) is 9.23. The van der Waals surface area contributed by atoms with Crippen molar-refractivity contribution in [3.8, 4) is 5.75 Å². The first-order valence-electron chi connectivity index (χ1n) is 11.8. The number of rotatable bonds is 9. The average molecular weight is 604 g/mol. The van der Waals surface area contributed by atoms with Crippen LogP contribution in [0.5, 0.6) is 5.75 Å². The van der Waals surface area contributed by atoms with E-state index in [0.717, 1.165) is 36.1 Å². The van der Waals surface area contributed by atoms with Gasteiger partial charge >= 0.3 is 12.1 Å². The Morgan fingerprint density at radius 2 is 1.70 bits per heavy atom. The first kappa shape index (κ1) is 31.4. The van der Waals surface area contributed by atoms with Crippen molar-refractivity contribution >= 4 is 27.2 Å². The van der Waals surface area contributed by atoms with Crippen LogP contribution < -0.4 is 9.64 Å². The predicted molar refractivity (Wildman–Crippen MR) is 127 cm³/mol. The van der Waals surface area contributed by atoms with Gasteiger partial charge in [0.25, 0.3) is 0 Å². The fourth-order valence-corrected chi connectivity index (χ4v) is 5.74. The van der Waals surface area contributed by atoms with Gasteiger partial charge in [-0.15, -0.1) is 0 Å². The number of fused-ring (bicyclic) bond motifs is 1. The number of ether oxygens (including phenoxy) is 1. The van der Waals surface area contributed by atoms with Gasteiger partial charge in [0, 0.05) is 30.6 Å². The van der Waals surface area contributed by atoms with Gasteiger partial charge in [-0.2, -0.15) is 13.2 Å². The van der Waals surface area contributed by atoms with Crippen molar-refractivity contribution in [3.63, 3.8) is 0 Å². The van der Waals surface area contributed by atoms with E-state index in [1.54, 1.807) is 0 Å². The molecule has 40 heavy (non-hydrogen) atoms. The molecule has 15 heteroatoms. The second-order valence-electron chi connectivity index (χ2n) is 9.95. The molecule has 0 amide bonds. The minimum Gasteiger partial charge on any atom is -0.492 e. The molecule has 2 aromatic rings. The number of nitrogens with zero attached hydrogens (tertiary/aromatic N) is 1. The second kappa shape index (κ2) is 11.1. The number of carboxylic acid groups (broad SMARTS) is 1. The van der Waals surface area contributed by atoms with Gasteiger partial charge in [-0.25, -0.2) is 30.4 Å². The summed E-state index contributed by atoms with van der Waals surface area (Å²) in [4.78, 5) is 11.3. The maximum Gasteiger partial charge on any atom is 0.420 e. The quantitative estimate of drug-likeness (QED) is 0.327. The van der Waals surface area contributed by atoms with E-state index >= 15 is 4.39 Å². The lowest BCUT2D eigenvalue weighted by molar-refractivity contribution is -0.151. The molecule has 222 valence electrons. The minimum atomic E-state index is -5.22. The Kier molecular flexibility index (Phi) is 8.68. The van der Waals surface area contributed by atoms with Gasteiger partial charge in [0.05, 0.1) is 16.1 Å². The van der Waals surface area contributed by atoms with Gasteiger partial charge < -0.3 is 14.7 Å². The van der Waals surface area contributed by atoms with Gasteiger partial charge in [-0.3, -0.25) is 4.79 Å². The summed E-state index contributed by atoms with van der Waals surface area (Å²) in [7, 11) is -5.15. The van der Waals surface area contributed by atoms with E-state index in [9.17, 15) is 49.1 Å². The van der Waals surface area contributed by atoms with Crippen LogP contribution in [0.25, 0.3) is 0 Å². The van der Waals surface area contributed by atoms with Crippen molar-refractivity contribution in [3.05, 3.63) is 47.8 Å². The molecule has 1 aliphatic rings. The highest BCUT2D eigenvalue weighted by molar-refractivity contribution is 7.92. The molecule has 1 N–H and O–H groups in total. The molecular weight excluding hydrogens is 578 g/mol. The van der Waals surface area contributed by atoms with Crippen LogP contribution in [0.3, 0.4) is 0 Å². The number of hydrogen-bond donors (Lipinski definition) is 1. The molecule has 3 atom stereocenters. The lowest BCUT2D eigenvalue weighted by atomic mass is 9.94. The Morgan fingerprint density at radius 3 is 2.20 bits per heavy atom. The van der Waals surface area contributed by atoms with Gasteiger partial charge in [0.1, 0.15) is 30.3 Å². The van der Waals surface area contributed by atoms with Crippen LogP contribution in [0.1, 0.15) is 32.3 Å². The first-order chi connectivity index (χ1) is 18.3. The second-order valence-corrected chi connectivity index (χ2v) is 11.9. The van der Waals surface area contributed by atoms with Gasteiger partial charge in [0.15, 0.2) is 0 Å². The Labute approximate surface area is 224 Å². The van der Waals surface area contributed by atoms with Crippen molar-refractivity contribution in [2.45, 2.75) is 49.2 Å². The molecule has 3 rings (SSSR count). The largest absolute Gasteiger partial charge is 0.492 e. The van der Waals surface area contributed by atoms with Crippen molar-refractivity contribution < 1.29 is 58.2 Å². The van der Waals surface area contributed by atoms with Gasteiger partial charge in [-0.1, -0.05) is 0 Å². The number of alkyl halides is 7. The van der Waals surface area contributed by atoms with E-state index in [4.69, 9.17) is 4.74 Å². The first-order valence-corrected chi connectivity index (χ1v) is 13.3. The molecule has 0 unspecified atom stereocenters. The molecule has 1 aliphatic heterocycles. The molecule has 1 heterocycles. The number of sulfone groups is 1. The van der Waals surface area contributed by atoms with E-state index in [2.05, 4.69) is 0 Å². The summed E-state index contributed by atoms with van der Waals surface area (Å²) >= 11 is 0. The summed E-state index contributed by atoms with van der Waals surface area (Å²) in [5.74, 6) is -8.64. The molecule has 2 aromatic carbocycles. The lowest BCUT2D eigenvalue weighted by Crippen LogP contribution is -2.36. The van der Waals surface area contributed by atoms with E-state index < -0.39 is 105 Å². The highest BCUT2D eigenvalue weighted by Gasteiger charge is 2.46. The minimum absolute atomic E-state index is 0.0575. The highest BCUT2D eigenvalue weighted by atomic mass is 32.2. The standard InChI is InChI=1S/C25H25F8NO5S/c1-23(12-26,22(35)36)13-39-19-10-20-18(9-17(19)25(31,32)33)34(16-5-3-15(27)4-6-16)11-14(7-8-24(2,29)30)21(28)40(20,37)38/h3-6,9-10,14,21H,7-8,11-13H2,1-2H3,(H,35,36)/t14-,21+,23+/m1/s1. The van der Waals surface area contributed by atoms with E-state index in [1.807, 2.05) is 0 Å². The summed E-state index contributed by atoms with van der Waals surface area (Å²) in [6.07, 6.45) is -6.82. The average Bonchev–Trinajstić information content (AvgIpc) is 2.93. The maximum absolute atomic E-state index is 15.6. The lowest BCUT2D eigenvalue weighted by Gasteiger charge is -2.29. The molecule has 6 nitrogen and oxygen atoms in total. The number of hydrogen-bond acceptors (Lipinski definition) is 5. The normalized spacial score (nSPS) is 20.8. The van der Waals surface area contributed by atoms with E-state index in [0.29, 0.717) is 19.1 Å². The number of carboxylic acids is 1.